The Balaban J connectivity index is 2.21. The van der Waals surface area contributed by atoms with Crippen molar-refractivity contribution in [3.8, 4) is 11.6 Å². The second-order valence-electron chi connectivity index (χ2n) is 3.58. The molecule has 0 aliphatic rings. The highest BCUT2D eigenvalue weighted by atomic mass is 16.5. The summed E-state index contributed by atoms with van der Waals surface area (Å²) < 4.78 is 5.45. The molecule has 0 fully saturated rings. The molecule has 2 rings (SSSR count). The zero-order valence-electron chi connectivity index (χ0n) is 9.25. The van der Waals surface area contributed by atoms with Crippen molar-refractivity contribution >= 4 is 5.97 Å². The molecule has 1 aromatic carbocycles. The topological polar surface area (TPSA) is 59.4 Å². The van der Waals surface area contributed by atoms with E-state index in [9.17, 15) is 4.79 Å². The summed E-state index contributed by atoms with van der Waals surface area (Å²) in [4.78, 5) is 14.6. The van der Waals surface area contributed by atoms with Gasteiger partial charge in [0.05, 0.1) is 0 Å². The molecule has 0 amide bonds. The Hall–Kier alpha value is -2.36. The highest BCUT2D eigenvalue weighted by Gasteiger charge is 2.06. The van der Waals surface area contributed by atoms with Gasteiger partial charge in [-0.25, -0.2) is 9.78 Å². The molecule has 1 aromatic heterocycles. The monoisotopic (exact) mass is 229 g/mol. The van der Waals surface area contributed by atoms with Crippen LogP contribution in [0.25, 0.3) is 0 Å². The van der Waals surface area contributed by atoms with Crippen LogP contribution < -0.4 is 4.74 Å². The quantitative estimate of drug-likeness (QED) is 0.879. The van der Waals surface area contributed by atoms with E-state index in [4.69, 9.17) is 9.84 Å². The normalized spacial score (nSPS) is 9.94. The molecule has 2 aromatic rings. The SMILES string of the molecule is Cc1ccc(Oc2cccc(C(=O)O)n2)cc1. The third kappa shape index (κ3) is 2.81. The maximum Gasteiger partial charge on any atom is 0.354 e. The average molecular weight is 229 g/mol. The lowest BCUT2D eigenvalue weighted by Gasteiger charge is -2.05. The lowest BCUT2D eigenvalue weighted by molar-refractivity contribution is 0.0689. The molecule has 0 saturated heterocycles. The molecule has 0 spiro atoms. The van der Waals surface area contributed by atoms with Gasteiger partial charge in [0, 0.05) is 6.07 Å². The van der Waals surface area contributed by atoms with Crippen molar-refractivity contribution in [3.63, 3.8) is 0 Å². The van der Waals surface area contributed by atoms with Gasteiger partial charge in [0.15, 0.2) is 5.69 Å². The van der Waals surface area contributed by atoms with Gasteiger partial charge in [-0.2, -0.15) is 0 Å². The molecule has 4 heteroatoms. The van der Waals surface area contributed by atoms with Gasteiger partial charge in [-0.15, -0.1) is 0 Å². The van der Waals surface area contributed by atoms with E-state index >= 15 is 0 Å². The van der Waals surface area contributed by atoms with Gasteiger partial charge in [0.2, 0.25) is 5.88 Å². The van der Waals surface area contributed by atoms with Crippen LogP contribution in [0.1, 0.15) is 16.1 Å². The molecule has 1 heterocycles. The van der Waals surface area contributed by atoms with Crippen molar-refractivity contribution in [3.05, 3.63) is 53.7 Å². The first-order valence-corrected chi connectivity index (χ1v) is 5.10. The lowest BCUT2D eigenvalue weighted by atomic mass is 10.2. The van der Waals surface area contributed by atoms with Crippen LogP contribution >= 0.6 is 0 Å². The molecule has 0 bridgehead atoms. The Kier molecular flexibility index (Phi) is 3.05. The second kappa shape index (κ2) is 4.65. The van der Waals surface area contributed by atoms with Gasteiger partial charge in [0.1, 0.15) is 5.75 Å². The maximum atomic E-state index is 10.7. The Labute approximate surface area is 98.5 Å². The van der Waals surface area contributed by atoms with Crippen LogP contribution in [-0.4, -0.2) is 16.1 Å². The summed E-state index contributed by atoms with van der Waals surface area (Å²) in [5.74, 6) is -0.168. The zero-order chi connectivity index (χ0) is 12.3. The van der Waals surface area contributed by atoms with E-state index in [-0.39, 0.29) is 11.6 Å². The summed E-state index contributed by atoms with van der Waals surface area (Å²) in [7, 11) is 0. The molecule has 0 unspecified atom stereocenters. The predicted molar refractivity (Wildman–Crippen MR) is 62.4 cm³/mol. The first-order chi connectivity index (χ1) is 8.15. The van der Waals surface area contributed by atoms with Crippen LogP contribution in [-0.2, 0) is 0 Å². The summed E-state index contributed by atoms with van der Waals surface area (Å²) in [6, 6.07) is 12.1. The summed E-state index contributed by atoms with van der Waals surface area (Å²) in [6.07, 6.45) is 0. The molecule has 1 N–H and O–H groups in total. The number of aryl methyl sites for hydroxylation is 1. The van der Waals surface area contributed by atoms with Gasteiger partial charge in [0.25, 0.3) is 0 Å². The molecule has 86 valence electrons. The molecule has 0 saturated carbocycles. The van der Waals surface area contributed by atoms with Crippen LogP contribution in [0.2, 0.25) is 0 Å². The van der Waals surface area contributed by atoms with Gasteiger partial charge in [-0.3, -0.25) is 0 Å². The smallest absolute Gasteiger partial charge is 0.354 e. The van der Waals surface area contributed by atoms with Crippen molar-refractivity contribution in [1.82, 2.24) is 4.98 Å². The molecule has 0 aliphatic carbocycles. The number of rotatable bonds is 3. The number of carbonyl (C=O) groups is 1. The first-order valence-electron chi connectivity index (χ1n) is 5.10. The fourth-order valence-electron chi connectivity index (χ4n) is 1.32. The van der Waals surface area contributed by atoms with Crippen LogP contribution in [0.15, 0.2) is 42.5 Å². The van der Waals surface area contributed by atoms with Crippen molar-refractivity contribution < 1.29 is 14.6 Å². The summed E-state index contributed by atoms with van der Waals surface area (Å²) in [5.41, 5.74) is 1.10. The van der Waals surface area contributed by atoms with Gasteiger partial charge >= 0.3 is 5.97 Å². The van der Waals surface area contributed by atoms with Crippen molar-refractivity contribution in [1.29, 1.82) is 0 Å². The summed E-state index contributed by atoms with van der Waals surface area (Å²) in [5, 5.41) is 8.79. The van der Waals surface area contributed by atoms with Crippen LogP contribution in [0.3, 0.4) is 0 Å². The summed E-state index contributed by atoms with van der Waals surface area (Å²) in [6.45, 7) is 1.98. The highest BCUT2D eigenvalue weighted by Crippen LogP contribution is 2.19. The van der Waals surface area contributed by atoms with E-state index in [2.05, 4.69) is 4.98 Å². The highest BCUT2D eigenvalue weighted by molar-refractivity contribution is 5.85. The Bertz CT molecular complexity index is 535. The number of aromatic nitrogens is 1. The third-order valence-electron chi connectivity index (χ3n) is 2.19. The molecule has 0 aliphatic heterocycles. The van der Waals surface area contributed by atoms with Crippen LogP contribution in [0.4, 0.5) is 0 Å². The fourth-order valence-corrected chi connectivity index (χ4v) is 1.32. The molecule has 17 heavy (non-hydrogen) atoms. The van der Waals surface area contributed by atoms with Gasteiger partial charge in [-0.1, -0.05) is 23.8 Å². The number of carboxylic acids is 1. The standard InChI is InChI=1S/C13H11NO3/c1-9-5-7-10(8-6-9)17-12-4-2-3-11(14-12)13(15)16/h2-8H,1H3,(H,15,16). The van der Waals surface area contributed by atoms with E-state index in [0.717, 1.165) is 5.56 Å². The lowest BCUT2D eigenvalue weighted by Crippen LogP contribution is -2.00. The van der Waals surface area contributed by atoms with Crippen LogP contribution in [0, 0.1) is 6.92 Å². The number of aromatic carboxylic acids is 1. The molecular weight excluding hydrogens is 218 g/mol. The van der Waals surface area contributed by atoms with Gasteiger partial charge in [-0.05, 0) is 25.1 Å². The molecular formula is C13H11NO3. The number of pyridine rings is 1. The molecule has 0 atom stereocenters. The first kappa shape index (κ1) is 11.1. The number of carboxylic acid groups (broad SMARTS) is 1. The molecule has 4 nitrogen and oxygen atoms in total. The van der Waals surface area contributed by atoms with Crippen molar-refractivity contribution in [2.45, 2.75) is 6.92 Å². The zero-order valence-corrected chi connectivity index (χ0v) is 9.25. The predicted octanol–water partition coefficient (Wildman–Crippen LogP) is 2.88. The minimum Gasteiger partial charge on any atom is -0.477 e. The maximum absolute atomic E-state index is 10.7. The number of hydrogen-bond acceptors (Lipinski definition) is 3. The van der Waals surface area contributed by atoms with E-state index < -0.39 is 5.97 Å². The van der Waals surface area contributed by atoms with E-state index in [1.165, 1.54) is 6.07 Å². The largest absolute Gasteiger partial charge is 0.477 e. The van der Waals surface area contributed by atoms with E-state index in [1.807, 2.05) is 31.2 Å². The van der Waals surface area contributed by atoms with E-state index in [1.54, 1.807) is 12.1 Å². The number of nitrogens with zero attached hydrogens (tertiary/aromatic N) is 1. The molecule has 0 radical (unpaired) electrons. The number of benzene rings is 1. The van der Waals surface area contributed by atoms with E-state index in [0.29, 0.717) is 5.75 Å². The second-order valence-corrected chi connectivity index (χ2v) is 3.58. The number of ether oxygens (including phenoxy) is 1. The number of hydrogen-bond donors (Lipinski definition) is 1. The Morgan fingerprint density at radius 3 is 2.53 bits per heavy atom. The Morgan fingerprint density at radius 2 is 1.88 bits per heavy atom. The minimum atomic E-state index is -1.07. The fraction of sp³-hybridized carbons (Fsp3) is 0.0769. The summed E-state index contributed by atoms with van der Waals surface area (Å²) >= 11 is 0. The third-order valence-corrected chi connectivity index (χ3v) is 2.19. The minimum absolute atomic E-state index is 0.0328. The van der Waals surface area contributed by atoms with Gasteiger partial charge < -0.3 is 9.84 Å². The van der Waals surface area contributed by atoms with Crippen molar-refractivity contribution in [2.24, 2.45) is 0 Å². The Morgan fingerprint density at radius 1 is 1.18 bits per heavy atom. The average Bonchev–Trinajstić information content (AvgIpc) is 2.32. The van der Waals surface area contributed by atoms with Crippen molar-refractivity contribution in [2.75, 3.05) is 0 Å². The van der Waals surface area contributed by atoms with Crippen LogP contribution in [0.5, 0.6) is 11.6 Å².